The molecule has 0 saturated carbocycles. The van der Waals surface area contributed by atoms with Crippen LogP contribution in [-0.4, -0.2) is 41.8 Å². The second-order valence-electron chi connectivity index (χ2n) is 4.72. The van der Waals surface area contributed by atoms with Gasteiger partial charge >= 0.3 is 6.18 Å². The average molecular weight is 378 g/mol. The number of alkyl halides is 3. The van der Waals surface area contributed by atoms with Crippen molar-refractivity contribution >= 4 is 34.8 Å². The highest BCUT2D eigenvalue weighted by Gasteiger charge is 2.37. The van der Waals surface area contributed by atoms with Gasteiger partial charge in [0.25, 0.3) is 5.78 Å². The number of hydrogen-bond donors (Lipinski definition) is 1. The Kier molecular flexibility index (Phi) is 4.18. The van der Waals surface area contributed by atoms with Crippen molar-refractivity contribution < 1.29 is 13.2 Å². The number of rotatable bonds is 3. The van der Waals surface area contributed by atoms with Gasteiger partial charge in [0.05, 0.1) is 16.3 Å². The second-order valence-corrected chi connectivity index (χ2v) is 5.49. The summed E-state index contributed by atoms with van der Waals surface area (Å²) in [5, 5.41) is 6.20. The van der Waals surface area contributed by atoms with Crippen molar-refractivity contribution in [2.45, 2.75) is 19.1 Å². The topological polar surface area (TPSA) is 80.9 Å². The molecule has 1 unspecified atom stereocenters. The van der Waals surface area contributed by atoms with Crippen LogP contribution in [0.25, 0.3) is 17.0 Å². The van der Waals surface area contributed by atoms with E-state index < -0.39 is 12.2 Å². The van der Waals surface area contributed by atoms with Crippen molar-refractivity contribution in [1.82, 2.24) is 29.5 Å². The van der Waals surface area contributed by atoms with Crippen molar-refractivity contribution in [2.75, 3.05) is 5.32 Å². The average Bonchev–Trinajstić information content (AvgIpc) is 2.95. The number of halogens is 5. The molecule has 7 nitrogen and oxygen atoms in total. The predicted molar refractivity (Wildman–Crippen MR) is 81.0 cm³/mol. The van der Waals surface area contributed by atoms with Crippen LogP contribution in [0, 0.1) is 0 Å². The molecule has 0 fully saturated rings. The van der Waals surface area contributed by atoms with Gasteiger partial charge in [0.15, 0.2) is 0 Å². The number of nitrogens with one attached hydrogen (secondary N) is 1. The van der Waals surface area contributed by atoms with Gasteiger partial charge in [-0.1, -0.05) is 23.2 Å². The molecule has 126 valence electrons. The summed E-state index contributed by atoms with van der Waals surface area (Å²) in [6.07, 6.45) is -0.856. The molecule has 0 bridgehead atoms. The van der Waals surface area contributed by atoms with Gasteiger partial charge in [-0.3, -0.25) is 0 Å². The largest absolute Gasteiger partial charge is 0.408 e. The highest BCUT2D eigenvalue weighted by Crippen LogP contribution is 2.37. The van der Waals surface area contributed by atoms with Crippen LogP contribution >= 0.6 is 23.2 Å². The summed E-state index contributed by atoms with van der Waals surface area (Å²) >= 11 is 12.2. The third-order valence-corrected chi connectivity index (χ3v) is 3.68. The Morgan fingerprint density at radius 3 is 2.62 bits per heavy atom. The molecule has 0 aliphatic heterocycles. The van der Waals surface area contributed by atoms with Gasteiger partial charge in [-0.05, 0) is 6.92 Å². The van der Waals surface area contributed by atoms with Crippen LogP contribution in [0.15, 0.2) is 18.9 Å². The minimum atomic E-state index is -4.49. The van der Waals surface area contributed by atoms with E-state index in [1.807, 2.05) is 0 Å². The minimum absolute atomic E-state index is 0.0332. The monoisotopic (exact) mass is 377 g/mol. The number of nitrogens with zero attached hydrogens (tertiary/aromatic N) is 6. The van der Waals surface area contributed by atoms with E-state index in [4.69, 9.17) is 23.2 Å². The van der Waals surface area contributed by atoms with E-state index in [0.717, 1.165) is 17.8 Å². The van der Waals surface area contributed by atoms with Crippen LogP contribution in [0.2, 0.25) is 10.2 Å². The Balaban J connectivity index is 2.26. The highest BCUT2D eigenvalue weighted by atomic mass is 35.5. The summed E-state index contributed by atoms with van der Waals surface area (Å²) in [5.74, 6) is -0.0428. The van der Waals surface area contributed by atoms with Gasteiger partial charge in [-0.2, -0.15) is 32.8 Å². The molecule has 0 saturated heterocycles. The lowest BCUT2D eigenvalue weighted by Crippen LogP contribution is -2.34. The smallest absolute Gasteiger partial charge is 0.358 e. The zero-order chi connectivity index (χ0) is 17.5. The minimum Gasteiger partial charge on any atom is -0.358 e. The third-order valence-electron chi connectivity index (χ3n) is 3.13. The van der Waals surface area contributed by atoms with Crippen molar-refractivity contribution in [3.63, 3.8) is 0 Å². The lowest BCUT2D eigenvalue weighted by atomic mass is 10.2. The Labute approximate surface area is 142 Å². The fourth-order valence-electron chi connectivity index (χ4n) is 1.94. The zero-order valence-corrected chi connectivity index (χ0v) is 13.4. The first-order valence-corrected chi connectivity index (χ1v) is 7.23. The maximum Gasteiger partial charge on any atom is 0.408 e. The van der Waals surface area contributed by atoms with E-state index in [1.54, 1.807) is 0 Å². The molecule has 0 amide bonds. The lowest BCUT2D eigenvalue weighted by Gasteiger charge is -2.21. The molecule has 1 N–H and O–H groups in total. The predicted octanol–water partition coefficient (Wildman–Crippen LogP) is 3.25. The summed E-state index contributed by atoms with van der Waals surface area (Å²) in [7, 11) is 0. The summed E-state index contributed by atoms with van der Waals surface area (Å²) in [5.41, 5.74) is 0.191. The van der Waals surface area contributed by atoms with E-state index in [1.165, 1.54) is 12.5 Å². The molecule has 24 heavy (non-hydrogen) atoms. The quantitative estimate of drug-likeness (QED) is 0.705. The molecule has 0 radical (unpaired) electrons. The molecular formula is C12H8Cl2F3N7. The van der Waals surface area contributed by atoms with Crippen LogP contribution in [0.1, 0.15) is 6.92 Å². The fraction of sp³-hybridized carbons (Fsp3) is 0.250. The first-order chi connectivity index (χ1) is 11.3. The van der Waals surface area contributed by atoms with Crippen LogP contribution in [0.5, 0.6) is 0 Å². The number of hydrogen-bond acceptors (Lipinski definition) is 6. The molecule has 0 aliphatic rings. The molecule has 0 aliphatic carbocycles. The van der Waals surface area contributed by atoms with Crippen molar-refractivity contribution in [3.8, 4) is 11.3 Å². The molecule has 3 rings (SSSR count). The van der Waals surface area contributed by atoms with Crippen LogP contribution in [0.3, 0.4) is 0 Å². The molecule has 12 heteroatoms. The maximum atomic E-state index is 13.0. The fourth-order valence-corrected chi connectivity index (χ4v) is 2.40. The van der Waals surface area contributed by atoms with Gasteiger partial charge in [-0.25, -0.2) is 9.97 Å². The number of anilines is 1. The van der Waals surface area contributed by atoms with E-state index >= 15 is 0 Å². The van der Waals surface area contributed by atoms with Gasteiger partial charge in [-0.15, -0.1) is 0 Å². The molecule has 3 heterocycles. The normalized spacial score (nSPS) is 13.2. The molecule has 0 aromatic carbocycles. The molecular weight excluding hydrogens is 370 g/mol. The van der Waals surface area contributed by atoms with Crippen molar-refractivity contribution in [1.29, 1.82) is 0 Å². The molecule has 1 atom stereocenters. The van der Waals surface area contributed by atoms with Crippen molar-refractivity contribution in [3.05, 3.63) is 29.0 Å². The third kappa shape index (κ3) is 2.94. The van der Waals surface area contributed by atoms with Crippen LogP contribution in [-0.2, 0) is 0 Å². The lowest BCUT2D eigenvalue weighted by molar-refractivity contribution is -0.138. The summed E-state index contributed by atoms with van der Waals surface area (Å²) < 4.78 is 40.0. The standard InChI is InChI=1S/C12H8Cl2F3N7/c1-5(12(15,16)17)22-10-7(8-6(13)2-18-3-19-8)9(14)23-11-20-4-21-24(10)11/h2-5,22H,1H3. The Morgan fingerprint density at radius 1 is 1.21 bits per heavy atom. The zero-order valence-electron chi connectivity index (χ0n) is 11.9. The van der Waals surface area contributed by atoms with E-state index in [0.29, 0.717) is 0 Å². The second kappa shape index (κ2) is 6.02. The van der Waals surface area contributed by atoms with Crippen LogP contribution < -0.4 is 5.32 Å². The number of fused-ring (bicyclic) bond motifs is 1. The molecule has 3 aromatic heterocycles. The Morgan fingerprint density at radius 2 is 1.96 bits per heavy atom. The summed E-state index contributed by atoms with van der Waals surface area (Å²) in [6.45, 7) is 0.961. The van der Waals surface area contributed by atoms with E-state index in [9.17, 15) is 13.2 Å². The Bertz CT molecular complexity index is 896. The van der Waals surface area contributed by atoms with E-state index in [2.05, 4.69) is 30.4 Å². The Hall–Kier alpha value is -2.20. The molecule has 3 aromatic rings. The SMILES string of the molecule is CC(Nc1c(-c2ncncc2Cl)c(Cl)nc2ncnn12)C(F)(F)F. The van der Waals surface area contributed by atoms with Gasteiger partial charge in [0.1, 0.15) is 29.7 Å². The first-order valence-electron chi connectivity index (χ1n) is 6.47. The maximum absolute atomic E-state index is 13.0. The number of aromatic nitrogens is 6. The van der Waals surface area contributed by atoms with Gasteiger partial charge in [0, 0.05) is 6.20 Å². The van der Waals surface area contributed by atoms with Gasteiger partial charge in [0.2, 0.25) is 0 Å². The summed E-state index contributed by atoms with van der Waals surface area (Å²) in [6, 6.07) is -1.89. The highest BCUT2D eigenvalue weighted by molar-refractivity contribution is 6.36. The van der Waals surface area contributed by atoms with Crippen LogP contribution in [0.4, 0.5) is 19.0 Å². The van der Waals surface area contributed by atoms with E-state index in [-0.39, 0.29) is 33.0 Å². The van der Waals surface area contributed by atoms with Gasteiger partial charge < -0.3 is 5.32 Å². The molecule has 0 spiro atoms. The summed E-state index contributed by atoms with van der Waals surface area (Å²) in [4.78, 5) is 15.6. The van der Waals surface area contributed by atoms with Crippen molar-refractivity contribution in [2.24, 2.45) is 0 Å². The first kappa shape index (κ1) is 16.7.